The summed E-state index contributed by atoms with van der Waals surface area (Å²) in [5, 5.41) is 4.07. The fourth-order valence-electron chi connectivity index (χ4n) is 2.05. The molecule has 1 aliphatic carbocycles. The normalized spacial score (nSPS) is 14.2. The number of fused-ring (bicyclic) bond motifs is 3. The van der Waals surface area contributed by atoms with E-state index in [0.717, 1.165) is 22.4 Å². The Balaban J connectivity index is 2.34. The summed E-state index contributed by atoms with van der Waals surface area (Å²) < 4.78 is 0. The first-order valence-electron chi connectivity index (χ1n) is 5.05. The summed E-state index contributed by atoms with van der Waals surface area (Å²) in [4.78, 5) is 4.89. The molecule has 0 amide bonds. The first kappa shape index (κ1) is 8.99. The highest BCUT2D eigenvalue weighted by Crippen LogP contribution is 2.35. The number of hydrogen-bond donors (Lipinski definition) is 0. The number of oxime groups is 1. The van der Waals surface area contributed by atoms with Gasteiger partial charge in [0.25, 0.3) is 0 Å². The van der Waals surface area contributed by atoms with E-state index in [9.17, 15) is 0 Å². The predicted octanol–water partition coefficient (Wildman–Crippen LogP) is 2.67. The van der Waals surface area contributed by atoms with Crippen LogP contribution in [0, 0.1) is 12.1 Å². The first-order valence-corrected chi connectivity index (χ1v) is 5.05. The third-order valence-corrected chi connectivity index (χ3v) is 2.69. The minimum atomic E-state index is 0.838. The SMILES string of the molecule is CO/N=C1/c2c#cccc2-c2ccccc21. The minimum Gasteiger partial charge on any atom is -0.399 e. The van der Waals surface area contributed by atoms with Crippen molar-refractivity contribution in [3.63, 3.8) is 0 Å². The molecule has 0 aromatic heterocycles. The summed E-state index contributed by atoms with van der Waals surface area (Å²) in [5.74, 6) is 0. The third kappa shape index (κ3) is 1.12. The van der Waals surface area contributed by atoms with Crippen LogP contribution in [0.4, 0.5) is 0 Å². The molecule has 0 aliphatic heterocycles. The summed E-state index contributed by atoms with van der Waals surface area (Å²) in [7, 11) is 1.56. The molecule has 0 spiro atoms. The topological polar surface area (TPSA) is 21.6 Å². The largest absolute Gasteiger partial charge is 0.399 e. The molecule has 2 nitrogen and oxygen atoms in total. The molecular formula is C14H9NO. The quantitative estimate of drug-likeness (QED) is 0.562. The van der Waals surface area contributed by atoms with Gasteiger partial charge in [0.1, 0.15) is 12.8 Å². The Morgan fingerprint density at radius 1 is 1.06 bits per heavy atom. The summed E-state index contributed by atoms with van der Waals surface area (Å²) in [6.07, 6.45) is 0. The molecule has 0 saturated carbocycles. The van der Waals surface area contributed by atoms with Crippen molar-refractivity contribution in [3.05, 3.63) is 59.7 Å². The van der Waals surface area contributed by atoms with Crippen molar-refractivity contribution >= 4 is 5.71 Å². The Hall–Kier alpha value is -2.27. The number of benzene rings is 1. The van der Waals surface area contributed by atoms with Gasteiger partial charge in [0.05, 0.1) is 5.56 Å². The van der Waals surface area contributed by atoms with Gasteiger partial charge in [-0.1, -0.05) is 41.6 Å². The van der Waals surface area contributed by atoms with Crippen molar-refractivity contribution in [1.82, 2.24) is 0 Å². The molecule has 0 atom stereocenters. The highest BCUT2D eigenvalue weighted by atomic mass is 16.6. The van der Waals surface area contributed by atoms with E-state index in [1.165, 1.54) is 5.56 Å². The highest BCUT2D eigenvalue weighted by Gasteiger charge is 2.24. The van der Waals surface area contributed by atoms with E-state index in [-0.39, 0.29) is 0 Å². The second kappa shape index (κ2) is 3.39. The molecule has 2 aromatic rings. The maximum atomic E-state index is 4.89. The van der Waals surface area contributed by atoms with Gasteiger partial charge in [-0.15, -0.1) is 0 Å². The number of nitrogens with zero attached hydrogens (tertiary/aromatic N) is 1. The van der Waals surface area contributed by atoms with Gasteiger partial charge in [0.15, 0.2) is 0 Å². The van der Waals surface area contributed by atoms with Crippen molar-refractivity contribution < 1.29 is 4.84 Å². The Morgan fingerprint density at radius 2 is 1.88 bits per heavy atom. The minimum absolute atomic E-state index is 0.838. The average Bonchev–Trinajstić information content (AvgIpc) is 2.66. The molecule has 2 aromatic carbocycles. The van der Waals surface area contributed by atoms with Crippen LogP contribution in [0.25, 0.3) is 11.1 Å². The lowest BCUT2D eigenvalue weighted by atomic mass is 10.1. The molecule has 0 N–H and O–H groups in total. The Morgan fingerprint density at radius 3 is 2.69 bits per heavy atom. The van der Waals surface area contributed by atoms with Crippen LogP contribution >= 0.6 is 0 Å². The van der Waals surface area contributed by atoms with Crippen LogP contribution in [-0.4, -0.2) is 12.8 Å². The standard InChI is InChI=1S/C14H9NO/c1-16-15-14-12-8-4-2-6-10(12)11-7-3-5-9-13(11)14/h2-4,6-8H,1H3/b15-14+. The van der Waals surface area contributed by atoms with Crippen molar-refractivity contribution in [1.29, 1.82) is 0 Å². The molecule has 0 unspecified atom stereocenters. The van der Waals surface area contributed by atoms with Crippen LogP contribution in [0.2, 0.25) is 0 Å². The number of rotatable bonds is 1. The Bertz CT molecular complexity index is 525. The third-order valence-electron chi connectivity index (χ3n) is 2.69. The Kier molecular flexibility index (Phi) is 1.91. The molecule has 0 heterocycles. The van der Waals surface area contributed by atoms with Gasteiger partial charge in [-0.25, -0.2) is 0 Å². The molecule has 1 aliphatic rings. The van der Waals surface area contributed by atoms with Crippen LogP contribution in [0.3, 0.4) is 0 Å². The van der Waals surface area contributed by atoms with Gasteiger partial charge < -0.3 is 4.84 Å². The van der Waals surface area contributed by atoms with E-state index in [4.69, 9.17) is 4.84 Å². The summed E-state index contributed by atoms with van der Waals surface area (Å²) >= 11 is 0. The summed E-state index contributed by atoms with van der Waals surface area (Å²) in [6, 6.07) is 18.1. The van der Waals surface area contributed by atoms with Crippen molar-refractivity contribution in [3.8, 4) is 11.1 Å². The van der Waals surface area contributed by atoms with Crippen molar-refractivity contribution in [2.75, 3.05) is 7.11 Å². The van der Waals surface area contributed by atoms with Crippen LogP contribution in [0.5, 0.6) is 0 Å². The summed E-state index contributed by atoms with van der Waals surface area (Å²) in [5.41, 5.74) is 5.22. The van der Waals surface area contributed by atoms with Gasteiger partial charge in [0.2, 0.25) is 0 Å². The molecule has 16 heavy (non-hydrogen) atoms. The van der Waals surface area contributed by atoms with Crippen LogP contribution < -0.4 is 0 Å². The molecule has 0 radical (unpaired) electrons. The van der Waals surface area contributed by atoms with Gasteiger partial charge >= 0.3 is 0 Å². The van der Waals surface area contributed by atoms with Crippen molar-refractivity contribution in [2.45, 2.75) is 0 Å². The second-order valence-electron chi connectivity index (χ2n) is 3.56. The van der Waals surface area contributed by atoms with Crippen molar-refractivity contribution in [2.24, 2.45) is 5.16 Å². The Labute approximate surface area is 94.2 Å². The van der Waals surface area contributed by atoms with E-state index in [1.807, 2.05) is 30.3 Å². The molecule has 0 bridgehead atoms. The van der Waals surface area contributed by atoms with Gasteiger partial charge in [-0.2, -0.15) is 0 Å². The second-order valence-corrected chi connectivity index (χ2v) is 3.56. The van der Waals surface area contributed by atoms with E-state index in [1.54, 1.807) is 7.11 Å². The number of hydrogen-bond acceptors (Lipinski definition) is 2. The maximum Gasteiger partial charge on any atom is 0.126 e. The van der Waals surface area contributed by atoms with Crippen LogP contribution in [0.1, 0.15) is 11.1 Å². The summed E-state index contributed by atoms with van der Waals surface area (Å²) in [6.45, 7) is 0. The van der Waals surface area contributed by atoms with Crippen LogP contribution in [0.15, 0.2) is 41.6 Å². The van der Waals surface area contributed by atoms with Gasteiger partial charge in [-0.05, 0) is 17.7 Å². The van der Waals surface area contributed by atoms with E-state index >= 15 is 0 Å². The highest BCUT2D eigenvalue weighted by molar-refractivity contribution is 6.23. The molecule has 3 rings (SSSR count). The fourth-order valence-corrected chi connectivity index (χ4v) is 2.05. The lowest BCUT2D eigenvalue weighted by Gasteiger charge is -1.97. The van der Waals surface area contributed by atoms with E-state index in [0.29, 0.717) is 0 Å². The predicted molar refractivity (Wildman–Crippen MR) is 62.2 cm³/mol. The average molecular weight is 207 g/mol. The van der Waals surface area contributed by atoms with Crippen LogP contribution in [-0.2, 0) is 4.84 Å². The molecule has 76 valence electrons. The zero-order valence-corrected chi connectivity index (χ0v) is 8.82. The first-order chi connectivity index (χ1) is 7.92. The van der Waals surface area contributed by atoms with E-state index < -0.39 is 0 Å². The molecular weight excluding hydrogens is 198 g/mol. The lowest BCUT2D eigenvalue weighted by molar-refractivity contribution is 0.214. The zero-order chi connectivity index (χ0) is 11.0. The monoisotopic (exact) mass is 207 g/mol. The maximum absolute atomic E-state index is 4.89. The van der Waals surface area contributed by atoms with Gasteiger partial charge in [-0.3, -0.25) is 0 Å². The molecule has 0 fully saturated rings. The van der Waals surface area contributed by atoms with E-state index in [2.05, 4.69) is 23.4 Å². The smallest absolute Gasteiger partial charge is 0.126 e. The molecule has 2 heteroatoms. The molecule has 0 saturated heterocycles. The van der Waals surface area contributed by atoms with Gasteiger partial charge in [0, 0.05) is 11.1 Å². The lowest BCUT2D eigenvalue weighted by Crippen LogP contribution is -1.97. The zero-order valence-electron chi connectivity index (χ0n) is 8.82. The fraction of sp³-hybridized carbons (Fsp3) is 0.0714.